The van der Waals surface area contributed by atoms with Crippen molar-refractivity contribution in [3.8, 4) is 0 Å². The molecule has 0 aromatic heterocycles. The van der Waals surface area contributed by atoms with E-state index in [2.05, 4.69) is 0 Å². The molecule has 0 aliphatic heterocycles. The Labute approximate surface area is 109 Å². The van der Waals surface area contributed by atoms with E-state index in [1.54, 1.807) is 6.92 Å². The van der Waals surface area contributed by atoms with Crippen LogP contribution < -0.4 is 0 Å². The van der Waals surface area contributed by atoms with Crippen LogP contribution in [0.3, 0.4) is 0 Å². The van der Waals surface area contributed by atoms with Gasteiger partial charge in [-0.05, 0) is 39.7 Å². The molecule has 3 nitrogen and oxygen atoms in total. The molecule has 0 aliphatic rings. The van der Waals surface area contributed by atoms with Crippen molar-refractivity contribution in [3.05, 3.63) is 35.9 Å². The van der Waals surface area contributed by atoms with Crippen LogP contribution in [0.4, 0.5) is 0 Å². The van der Waals surface area contributed by atoms with Crippen molar-refractivity contribution < 1.29 is 14.6 Å². The number of aliphatic hydroxyl groups excluding tert-OH is 1. The van der Waals surface area contributed by atoms with Gasteiger partial charge in [0.2, 0.25) is 0 Å². The zero-order valence-electron chi connectivity index (χ0n) is 11.5. The fourth-order valence-electron chi connectivity index (χ4n) is 1.70. The molecule has 0 radical (unpaired) electrons. The van der Waals surface area contributed by atoms with Crippen LogP contribution in [0.1, 0.15) is 33.3 Å². The third-order valence-electron chi connectivity index (χ3n) is 2.59. The molecule has 0 fully saturated rings. The van der Waals surface area contributed by atoms with Gasteiger partial charge in [-0.3, -0.25) is 4.79 Å². The number of carbonyl (C=O) groups excluding carboxylic acids is 1. The molecule has 0 saturated heterocycles. The second-order valence-electron chi connectivity index (χ2n) is 5.57. The summed E-state index contributed by atoms with van der Waals surface area (Å²) in [6.07, 6.45) is -0.229. The van der Waals surface area contributed by atoms with Gasteiger partial charge in [-0.1, -0.05) is 30.3 Å². The highest BCUT2D eigenvalue weighted by Gasteiger charge is 2.28. The van der Waals surface area contributed by atoms with Crippen LogP contribution in [0, 0.1) is 5.92 Å². The van der Waals surface area contributed by atoms with Crippen molar-refractivity contribution in [2.45, 2.75) is 45.8 Å². The first-order valence-electron chi connectivity index (χ1n) is 6.24. The van der Waals surface area contributed by atoms with E-state index in [0.29, 0.717) is 6.42 Å². The number of ether oxygens (including phenoxy) is 1. The average Bonchev–Trinajstić information content (AvgIpc) is 2.24. The molecule has 0 heterocycles. The molecule has 1 rings (SSSR count). The second kappa shape index (κ2) is 6.01. The summed E-state index contributed by atoms with van der Waals surface area (Å²) in [6.45, 7) is 7.10. The van der Waals surface area contributed by atoms with Gasteiger partial charge < -0.3 is 9.84 Å². The van der Waals surface area contributed by atoms with Crippen molar-refractivity contribution in [2.24, 2.45) is 5.92 Å². The summed E-state index contributed by atoms with van der Waals surface area (Å²) in [7, 11) is 0. The van der Waals surface area contributed by atoms with E-state index in [1.807, 2.05) is 51.1 Å². The van der Waals surface area contributed by atoms with Gasteiger partial charge in [0.1, 0.15) is 5.60 Å². The van der Waals surface area contributed by atoms with Gasteiger partial charge >= 0.3 is 5.97 Å². The van der Waals surface area contributed by atoms with Gasteiger partial charge in [-0.15, -0.1) is 0 Å². The maximum Gasteiger partial charge on any atom is 0.312 e. The number of hydrogen-bond acceptors (Lipinski definition) is 3. The van der Waals surface area contributed by atoms with Crippen molar-refractivity contribution in [1.29, 1.82) is 0 Å². The second-order valence-corrected chi connectivity index (χ2v) is 5.57. The lowest BCUT2D eigenvalue weighted by Gasteiger charge is -2.25. The molecule has 1 N–H and O–H groups in total. The summed E-state index contributed by atoms with van der Waals surface area (Å²) >= 11 is 0. The minimum atomic E-state index is -0.722. The van der Waals surface area contributed by atoms with E-state index in [9.17, 15) is 9.90 Å². The van der Waals surface area contributed by atoms with Gasteiger partial charge in [0, 0.05) is 0 Å². The highest BCUT2D eigenvalue weighted by molar-refractivity contribution is 5.73. The van der Waals surface area contributed by atoms with E-state index in [0.717, 1.165) is 5.56 Å². The summed E-state index contributed by atoms with van der Waals surface area (Å²) in [5.74, 6) is -0.868. The number of esters is 1. The van der Waals surface area contributed by atoms with Gasteiger partial charge in [0.25, 0.3) is 0 Å². The Balaban J connectivity index is 2.75. The molecule has 1 aromatic carbocycles. The quantitative estimate of drug-likeness (QED) is 0.835. The summed E-state index contributed by atoms with van der Waals surface area (Å²) in [5, 5.41) is 9.74. The zero-order valence-corrected chi connectivity index (χ0v) is 11.5. The maximum atomic E-state index is 12.0. The van der Waals surface area contributed by atoms with Crippen molar-refractivity contribution >= 4 is 5.97 Å². The molecule has 0 bridgehead atoms. The monoisotopic (exact) mass is 250 g/mol. The SMILES string of the molecule is C[C@H](O)[C@@H](Cc1ccccc1)C(=O)OC(C)(C)C. The van der Waals surface area contributed by atoms with Crippen LogP contribution in [-0.2, 0) is 16.0 Å². The summed E-state index contributed by atoms with van der Waals surface area (Å²) < 4.78 is 5.33. The topological polar surface area (TPSA) is 46.5 Å². The number of benzene rings is 1. The van der Waals surface area contributed by atoms with E-state index in [4.69, 9.17) is 4.74 Å². The fraction of sp³-hybridized carbons (Fsp3) is 0.533. The van der Waals surface area contributed by atoms with E-state index >= 15 is 0 Å². The zero-order chi connectivity index (χ0) is 13.8. The molecule has 0 spiro atoms. The molecule has 18 heavy (non-hydrogen) atoms. The van der Waals surface area contributed by atoms with Gasteiger partial charge in [-0.2, -0.15) is 0 Å². The number of rotatable bonds is 4. The standard InChI is InChI=1S/C15H22O3/c1-11(16)13(14(17)18-15(2,3)4)10-12-8-6-5-7-9-12/h5-9,11,13,16H,10H2,1-4H3/t11-,13+/m0/s1. The molecule has 1 aromatic rings. The van der Waals surface area contributed by atoms with E-state index < -0.39 is 17.6 Å². The van der Waals surface area contributed by atoms with Gasteiger partial charge in [0.15, 0.2) is 0 Å². The maximum absolute atomic E-state index is 12.0. The predicted molar refractivity (Wildman–Crippen MR) is 71.2 cm³/mol. The van der Waals surface area contributed by atoms with Crippen LogP contribution in [0.2, 0.25) is 0 Å². The Kier molecular flexibility index (Phi) is 4.91. The third-order valence-corrected chi connectivity index (χ3v) is 2.59. The lowest BCUT2D eigenvalue weighted by molar-refractivity contribution is -0.163. The van der Waals surface area contributed by atoms with Crippen molar-refractivity contribution in [2.75, 3.05) is 0 Å². The smallest absolute Gasteiger partial charge is 0.312 e. The Morgan fingerprint density at radius 3 is 2.28 bits per heavy atom. The summed E-state index contributed by atoms with van der Waals surface area (Å²) in [5.41, 5.74) is 0.496. The fourth-order valence-corrected chi connectivity index (χ4v) is 1.70. The predicted octanol–water partition coefficient (Wildman–Crippen LogP) is 2.57. The molecule has 0 amide bonds. The highest BCUT2D eigenvalue weighted by Crippen LogP contribution is 2.18. The van der Waals surface area contributed by atoms with Crippen LogP contribution in [0.5, 0.6) is 0 Å². The molecule has 3 heteroatoms. The van der Waals surface area contributed by atoms with Crippen molar-refractivity contribution in [3.63, 3.8) is 0 Å². The van der Waals surface area contributed by atoms with Crippen LogP contribution in [-0.4, -0.2) is 22.8 Å². The number of hydrogen-bond donors (Lipinski definition) is 1. The van der Waals surface area contributed by atoms with Gasteiger partial charge in [0.05, 0.1) is 12.0 Å². The number of carbonyl (C=O) groups is 1. The molecule has 0 unspecified atom stereocenters. The Morgan fingerprint density at radius 1 is 1.28 bits per heavy atom. The Morgan fingerprint density at radius 2 is 1.83 bits per heavy atom. The van der Waals surface area contributed by atoms with Crippen LogP contribution in [0.15, 0.2) is 30.3 Å². The van der Waals surface area contributed by atoms with E-state index in [1.165, 1.54) is 0 Å². The van der Waals surface area contributed by atoms with Crippen LogP contribution >= 0.6 is 0 Å². The first-order chi connectivity index (χ1) is 8.29. The average molecular weight is 250 g/mol. The Hall–Kier alpha value is -1.35. The highest BCUT2D eigenvalue weighted by atomic mass is 16.6. The normalized spacial score (nSPS) is 14.9. The first-order valence-corrected chi connectivity index (χ1v) is 6.24. The molecular weight excluding hydrogens is 228 g/mol. The van der Waals surface area contributed by atoms with Crippen LogP contribution in [0.25, 0.3) is 0 Å². The molecule has 2 atom stereocenters. The third kappa shape index (κ3) is 4.88. The summed E-state index contributed by atoms with van der Waals surface area (Å²) in [6, 6.07) is 9.65. The first kappa shape index (κ1) is 14.7. The number of aliphatic hydroxyl groups is 1. The lowest BCUT2D eigenvalue weighted by Crippen LogP contribution is -2.35. The minimum Gasteiger partial charge on any atom is -0.460 e. The van der Waals surface area contributed by atoms with Gasteiger partial charge in [-0.25, -0.2) is 0 Å². The Bertz CT molecular complexity index is 376. The minimum absolute atomic E-state index is 0.346. The van der Waals surface area contributed by atoms with Crippen molar-refractivity contribution in [1.82, 2.24) is 0 Å². The summed E-state index contributed by atoms with van der Waals surface area (Å²) in [4.78, 5) is 12.0. The lowest BCUT2D eigenvalue weighted by atomic mass is 9.94. The molecule has 0 saturated carbocycles. The van der Waals surface area contributed by atoms with E-state index in [-0.39, 0.29) is 5.97 Å². The largest absolute Gasteiger partial charge is 0.460 e. The molecule has 0 aliphatic carbocycles. The molecular formula is C15H22O3. The molecule has 100 valence electrons.